The number of ether oxygens (including phenoxy) is 1. The molecule has 1 amide bonds. The molecule has 0 spiro atoms. The van der Waals surface area contributed by atoms with Gasteiger partial charge in [-0.05, 0) is 23.8 Å². The minimum atomic E-state index is -4.59. The molecule has 0 heterocycles. The Morgan fingerprint density at radius 2 is 1.88 bits per heavy atom. The van der Waals surface area contributed by atoms with E-state index in [-0.39, 0.29) is 17.9 Å². The van der Waals surface area contributed by atoms with Gasteiger partial charge in [-0.15, -0.1) is 0 Å². The Bertz CT molecular complexity index is 908. The van der Waals surface area contributed by atoms with Crippen molar-refractivity contribution in [2.75, 3.05) is 12.4 Å². The lowest BCUT2D eigenvalue weighted by molar-refractivity contribution is -0.138. The molecule has 0 fully saturated rings. The van der Waals surface area contributed by atoms with Gasteiger partial charge in [0.15, 0.2) is 0 Å². The molecule has 0 unspecified atom stereocenters. The number of carbonyl (C=O) groups excluding carboxylic acids is 1. The Hall–Kier alpha value is -2.65. The van der Waals surface area contributed by atoms with Gasteiger partial charge >= 0.3 is 5.97 Å². The van der Waals surface area contributed by atoms with Crippen LogP contribution in [0.2, 0.25) is 0 Å². The summed E-state index contributed by atoms with van der Waals surface area (Å²) in [5.41, 5.74) is 0.0986. The van der Waals surface area contributed by atoms with Crippen LogP contribution in [0.3, 0.4) is 0 Å². The summed E-state index contributed by atoms with van der Waals surface area (Å²) in [6.07, 6.45) is 0. The average molecular weight is 367 g/mol. The van der Waals surface area contributed by atoms with Gasteiger partial charge in [0.25, 0.3) is 16.0 Å². The smallest absolute Gasteiger partial charge is 0.327 e. The summed E-state index contributed by atoms with van der Waals surface area (Å²) in [6, 6.07) is 8.48. The highest BCUT2D eigenvalue weighted by Gasteiger charge is 2.28. The van der Waals surface area contributed by atoms with Gasteiger partial charge in [-0.2, -0.15) is 8.42 Å². The molecule has 3 N–H and O–H groups in total. The van der Waals surface area contributed by atoms with Crippen LogP contribution >= 0.6 is 0 Å². The molecule has 0 aliphatic carbocycles. The number of rotatable bonds is 7. The number of carbonyl (C=O) groups is 2. The molecule has 0 saturated carbocycles. The lowest BCUT2D eigenvalue weighted by atomic mass is 10.0. The van der Waals surface area contributed by atoms with Crippen LogP contribution in [0.4, 0.5) is 0 Å². The number of benzene rings is 2. The molecular formula is C16H17NO7S. The second kappa shape index (κ2) is 7.49. The van der Waals surface area contributed by atoms with Gasteiger partial charge in [0.2, 0.25) is 0 Å². The largest absolute Gasteiger partial charge is 0.493 e. The number of hydrogen-bond donors (Lipinski definition) is 3. The van der Waals surface area contributed by atoms with E-state index in [9.17, 15) is 18.0 Å². The van der Waals surface area contributed by atoms with Crippen LogP contribution in [0, 0.1) is 0 Å². The molecule has 8 nitrogen and oxygen atoms in total. The van der Waals surface area contributed by atoms with Crippen LogP contribution in [-0.4, -0.2) is 48.4 Å². The Labute approximate surface area is 144 Å². The van der Waals surface area contributed by atoms with Crippen molar-refractivity contribution in [2.45, 2.75) is 13.0 Å². The third-order valence-corrected chi connectivity index (χ3v) is 4.15. The van der Waals surface area contributed by atoms with Gasteiger partial charge in [-0.1, -0.05) is 30.3 Å². The third kappa shape index (κ3) is 4.68. The van der Waals surface area contributed by atoms with Crippen LogP contribution in [0.5, 0.6) is 5.75 Å². The number of fused-ring (bicyclic) bond motifs is 1. The maximum absolute atomic E-state index is 12.6. The van der Waals surface area contributed by atoms with Crippen molar-refractivity contribution < 1.29 is 32.4 Å². The highest BCUT2D eigenvalue weighted by atomic mass is 32.2. The molecule has 0 bridgehead atoms. The SMILES string of the molecule is CCOc1ccc2ccccc2c1C(=O)N[C@@H](CS(=O)(=O)O)C(=O)O. The fourth-order valence-corrected chi connectivity index (χ4v) is 3.02. The average Bonchev–Trinajstić information content (AvgIpc) is 2.52. The summed E-state index contributed by atoms with van der Waals surface area (Å²) in [6.45, 7) is 2.02. The van der Waals surface area contributed by atoms with E-state index in [2.05, 4.69) is 5.32 Å². The number of carboxylic acids is 1. The van der Waals surface area contributed by atoms with Gasteiger partial charge in [0, 0.05) is 0 Å². The zero-order chi connectivity index (χ0) is 18.6. The summed E-state index contributed by atoms with van der Waals surface area (Å²) in [5.74, 6) is -3.28. The second-order valence-corrected chi connectivity index (χ2v) is 6.70. The fraction of sp³-hybridized carbons (Fsp3) is 0.250. The van der Waals surface area contributed by atoms with E-state index >= 15 is 0 Å². The van der Waals surface area contributed by atoms with Gasteiger partial charge in [-0.3, -0.25) is 9.35 Å². The summed E-state index contributed by atoms with van der Waals surface area (Å²) in [4.78, 5) is 23.8. The molecule has 2 aromatic carbocycles. The van der Waals surface area contributed by atoms with E-state index in [1.807, 2.05) is 0 Å². The molecule has 0 aliphatic rings. The number of hydrogen-bond acceptors (Lipinski definition) is 5. The van der Waals surface area contributed by atoms with Crippen molar-refractivity contribution >= 4 is 32.8 Å². The first kappa shape index (κ1) is 18.7. The topological polar surface area (TPSA) is 130 Å². The minimum Gasteiger partial charge on any atom is -0.493 e. The van der Waals surface area contributed by atoms with Crippen LogP contribution < -0.4 is 10.1 Å². The summed E-state index contributed by atoms with van der Waals surface area (Å²) in [5, 5.41) is 12.5. The maximum Gasteiger partial charge on any atom is 0.327 e. The monoisotopic (exact) mass is 367 g/mol. The third-order valence-electron chi connectivity index (χ3n) is 3.40. The number of amides is 1. The lowest BCUT2D eigenvalue weighted by Crippen LogP contribution is -2.45. The Kier molecular flexibility index (Phi) is 5.60. The standard InChI is InChI=1S/C16H17NO7S/c1-2-24-13-8-7-10-5-3-4-6-11(10)14(13)15(18)17-12(16(19)20)9-25(21,22)23/h3-8,12H,2,9H2,1H3,(H,17,18)(H,19,20)(H,21,22,23)/t12-/m0/s1. The fourth-order valence-electron chi connectivity index (χ4n) is 2.38. The molecule has 2 aromatic rings. The lowest BCUT2D eigenvalue weighted by Gasteiger charge is -2.16. The summed E-state index contributed by atoms with van der Waals surface area (Å²) < 4.78 is 36.2. The van der Waals surface area contributed by atoms with E-state index in [1.54, 1.807) is 43.3 Å². The first-order chi connectivity index (χ1) is 11.7. The van der Waals surface area contributed by atoms with Gasteiger partial charge in [0.05, 0.1) is 12.2 Å². The Balaban J connectivity index is 2.46. The Morgan fingerprint density at radius 1 is 1.20 bits per heavy atom. The summed E-state index contributed by atoms with van der Waals surface area (Å²) >= 11 is 0. The highest BCUT2D eigenvalue weighted by Crippen LogP contribution is 2.28. The van der Waals surface area contributed by atoms with Crippen molar-refractivity contribution in [3.8, 4) is 5.75 Å². The zero-order valence-corrected chi connectivity index (χ0v) is 14.1. The van der Waals surface area contributed by atoms with Crippen LogP contribution in [0.25, 0.3) is 10.8 Å². The van der Waals surface area contributed by atoms with Crippen LogP contribution in [0.15, 0.2) is 36.4 Å². The molecule has 25 heavy (non-hydrogen) atoms. The van der Waals surface area contributed by atoms with Gasteiger partial charge < -0.3 is 15.2 Å². The molecule has 2 rings (SSSR count). The van der Waals surface area contributed by atoms with Crippen molar-refractivity contribution in [1.29, 1.82) is 0 Å². The molecule has 0 aromatic heterocycles. The number of aliphatic carboxylic acids is 1. The number of carboxylic acid groups (broad SMARTS) is 1. The predicted octanol–water partition coefficient (Wildman–Crippen LogP) is 1.31. The highest BCUT2D eigenvalue weighted by molar-refractivity contribution is 7.85. The van der Waals surface area contributed by atoms with Crippen LogP contribution in [-0.2, 0) is 14.9 Å². The van der Waals surface area contributed by atoms with E-state index < -0.39 is 33.8 Å². The zero-order valence-electron chi connectivity index (χ0n) is 13.3. The van der Waals surface area contributed by atoms with Crippen molar-refractivity contribution in [1.82, 2.24) is 5.32 Å². The van der Waals surface area contributed by atoms with Crippen molar-refractivity contribution in [3.63, 3.8) is 0 Å². The quantitative estimate of drug-likeness (QED) is 0.629. The molecule has 0 radical (unpaired) electrons. The van der Waals surface area contributed by atoms with E-state index in [1.165, 1.54) is 0 Å². The van der Waals surface area contributed by atoms with Gasteiger partial charge in [0.1, 0.15) is 17.5 Å². The molecular weight excluding hydrogens is 350 g/mol. The second-order valence-electron chi connectivity index (χ2n) is 5.21. The van der Waals surface area contributed by atoms with Crippen molar-refractivity contribution in [3.05, 3.63) is 42.0 Å². The van der Waals surface area contributed by atoms with E-state index in [0.29, 0.717) is 5.39 Å². The Morgan fingerprint density at radius 3 is 2.48 bits per heavy atom. The first-order valence-corrected chi connectivity index (χ1v) is 8.97. The minimum absolute atomic E-state index is 0.0986. The predicted molar refractivity (Wildman–Crippen MR) is 90.4 cm³/mol. The van der Waals surface area contributed by atoms with E-state index in [0.717, 1.165) is 5.39 Å². The van der Waals surface area contributed by atoms with Gasteiger partial charge in [-0.25, -0.2) is 4.79 Å². The first-order valence-electron chi connectivity index (χ1n) is 7.36. The molecule has 1 atom stereocenters. The normalized spacial score (nSPS) is 12.6. The molecule has 134 valence electrons. The van der Waals surface area contributed by atoms with Crippen molar-refractivity contribution in [2.24, 2.45) is 0 Å². The number of nitrogens with one attached hydrogen (secondary N) is 1. The molecule has 9 heteroatoms. The molecule has 0 aliphatic heterocycles. The maximum atomic E-state index is 12.6. The van der Waals surface area contributed by atoms with Crippen LogP contribution in [0.1, 0.15) is 17.3 Å². The van der Waals surface area contributed by atoms with E-state index in [4.69, 9.17) is 14.4 Å². The molecule has 0 saturated heterocycles. The summed E-state index contributed by atoms with van der Waals surface area (Å²) in [7, 11) is -4.59.